The Balaban J connectivity index is 1.77. The van der Waals surface area contributed by atoms with E-state index < -0.39 is 37.1 Å². The monoisotopic (exact) mass is 432 g/mol. The molecule has 31 heavy (non-hydrogen) atoms. The van der Waals surface area contributed by atoms with E-state index in [0.29, 0.717) is 23.6 Å². The van der Waals surface area contributed by atoms with Gasteiger partial charge in [0.25, 0.3) is 6.43 Å². The average molecular weight is 432 g/mol. The number of cyclic esters (lactones) is 1. The van der Waals surface area contributed by atoms with Crippen LogP contribution in [-0.2, 0) is 16.1 Å². The number of imidazole rings is 1. The molecule has 1 fully saturated rings. The summed E-state index contributed by atoms with van der Waals surface area (Å²) in [7, 11) is 0. The quantitative estimate of drug-likeness (QED) is 0.734. The van der Waals surface area contributed by atoms with Gasteiger partial charge < -0.3 is 25.1 Å². The molecule has 2 aliphatic heterocycles. The second kappa shape index (κ2) is 7.75. The Kier molecular flexibility index (Phi) is 5.10. The number of benzene rings is 1. The number of hydrogen-bond acceptors (Lipinski definition) is 7. The number of aromatic nitrogens is 2. The molecule has 2 aliphatic rings. The Hall–Kier alpha value is -3.88. The van der Waals surface area contributed by atoms with Gasteiger partial charge in [-0.05, 0) is 19.1 Å². The number of hydrogen-bond donors (Lipinski definition) is 2. The van der Waals surface area contributed by atoms with Crippen molar-refractivity contribution in [2.24, 2.45) is 5.73 Å². The van der Waals surface area contributed by atoms with E-state index in [1.807, 2.05) is 0 Å². The summed E-state index contributed by atoms with van der Waals surface area (Å²) in [4.78, 5) is 28.6. The molecule has 3 heterocycles. The number of primary amides is 1. The van der Waals surface area contributed by atoms with Crippen LogP contribution >= 0.6 is 0 Å². The van der Waals surface area contributed by atoms with Crippen LogP contribution in [0.5, 0.6) is 5.75 Å². The summed E-state index contributed by atoms with van der Waals surface area (Å²) in [5, 5.41) is 12.6. The van der Waals surface area contributed by atoms with E-state index in [1.165, 1.54) is 6.20 Å². The number of nitriles is 1. The van der Waals surface area contributed by atoms with E-state index >= 15 is 0 Å². The van der Waals surface area contributed by atoms with Crippen molar-refractivity contribution in [1.82, 2.24) is 9.55 Å². The molecule has 162 valence electrons. The van der Waals surface area contributed by atoms with Crippen LogP contribution in [0.15, 0.2) is 18.3 Å². The van der Waals surface area contributed by atoms with E-state index in [0.717, 1.165) is 4.90 Å². The zero-order valence-electron chi connectivity index (χ0n) is 16.3. The highest BCUT2D eigenvalue weighted by Crippen LogP contribution is 2.40. The van der Waals surface area contributed by atoms with Gasteiger partial charge in [-0.25, -0.2) is 23.5 Å². The number of nitrogens with one attached hydrogen (secondary N) is 1. The number of nitrogens with zero attached hydrogens (tertiary/aromatic N) is 4. The van der Waals surface area contributed by atoms with Gasteiger partial charge in [0.05, 0.1) is 17.8 Å². The van der Waals surface area contributed by atoms with E-state index in [4.69, 9.17) is 15.2 Å². The number of rotatable bonds is 5. The topological polar surface area (TPSA) is 136 Å². The van der Waals surface area contributed by atoms with E-state index in [1.54, 1.807) is 23.6 Å². The maximum absolute atomic E-state index is 13.3. The first-order chi connectivity index (χ1) is 14.8. The molecular formula is C19H18F2N6O4. The normalized spacial score (nSPS) is 18.4. The molecule has 0 saturated carbocycles. The van der Waals surface area contributed by atoms with E-state index in [-0.39, 0.29) is 23.7 Å². The van der Waals surface area contributed by atoms with Gasteiger partial charge in [-0.1, -0.05) is 0 Å². The molecule has 10 nitrogen and oxygen atoms in total. The zero-order valence-corrected chi connectivity index (χ0v) is 16.3. The fourth-order valence-electron chi connectivity index (χ4n) is 3.48. The molecular weight excluding hydrogens is 414 g/mol. The maximum atomic E-state index is 13.3. The van der Waals surface area contributed by atoms with Crippen molar-refractivity contribution in [3.05, 3.63) is 23.9 Å². The van der Waals surface area contributed by atoms with Crippen LogP contribution in [0.1, 0.15) is 12.5 Å². The maximum Gasteiger partial charge on any atom is 0.416 e. The van der Waals surface area contributed by atoms with Gasteiger partial charge in [-0.3, -0.25) is 4.79 Å². The third kappa shape index (κ3) is 3.48. The van der Waals surface area contributed by atoms with Gasteiger partial charge in [0.2, 0.25) is 5.91 Å². The fraction of sp³-hybridized carbons (Fsp3) is 0.368. The smallest absolute Gasteiger partial charge is 0.416 e. The number of carbonyl (C=O) groups excluding carboxylic acids is 2. The number of fused-ring (bicyclic) bond motifs is 3. The number of nitrogens with two attached hydrogens (primary N) is 1. The largest absolute Gasteiger partial charge is 0.489 e. The molecule has 0 unspecified atom stereocenters. The molecule has 1 aromatic heterocycles. The van der Waals surface area contributed by atoms with Crippen LogP contribution < -0.4 is 20.7 Å². The van der Waals surface area contributed by atoms with Crippen LogP contribution in [-0.4, -0.2) is 53.3 Å². The molecule has 4 rings (SSSR count). The van der Waals surface area contributed by atoms with Crippen molar-refractivity contribution < 1.29 is 27.8 Å². The van der Waals surface area contributed by atoms with E-state index in [2.05, 4.69) is 16.4 Å². The first-order valence-corrected chi connectivity index (χ1v) is 9.39. The number of halogens is 2. The molecule has 3 N–H and O–H groups in total. The molecule has 0 aliphatic carbocycles. The third-order valence-electron chi connectivity index (χ3n) is 5.10. The average Bonchev–Trinajstić information content (AvgIpc) is 3.27. The summed E-state index contributed by atoms with van der Waals surface area (Å²) in [6.07, 6.45) is -2.22. The number of anilines is 2. The summed E-state index contributed by atoms with van der Waals surface area (Å²) in [6, 6.07) is 3.11. The molecule has 1 saturated heterocycles. The molecule has 0 bridgehead atoms. The van der Waals surface area contributed by atoms with Crippen molar-refractivity contribution in [2.45, 2.75) is 32.0 Å². The van der Waals surface area contributed by atoms with Gasteiger partial charge in [0, 0.05) is 6.20 Å². The Morgan fingerprint density at radius 2 is 2.19 bits per heavy atom. The standard InChI is InChI=1S/C19H18F2N6O4/c1-9(17(23)28)24-12-3-2-10-15(11(12)6-22)30-5-4-26-7-14(25-18(10)26)27-13(16(20)21)8-31-19(27)29/h2-3,7,9,13,16,24H,4-5,8H2,1H3,(H2,23,28)/t9-,13-/m0/s1. The second-order valence-electron chi connectivity index (χ2n) is 7.06. The predicted molar refractivity (Wildman–Crippen MR) is 104 cm³/mol. The lowest BCUT2D eigenvalue weighted by molar-refractivity contribution is -0.118. The minimum Gasteiger partial charge on any atom is -0.489 e. The Labute approximate surface area is 175 Å². The van der Waals surface area contributed by atoms with Gasteiger partial charge in [0.1, 0.15) is 48.5 Å². The molecule has 2 aromatic rings. The third-order valence-corrected chi connectivity index (χ3v) is 5.10. The fourth-order valence-corrected chi connectivity index (χ4v) is 3.48. The lowest BCUT2D eigenvalue weighted by Crippen LogP contribution is -2.38. The highest BCUT2D eigenvalue weighted by molar-refractivity contribution is 5.90. The van der Waals surface area contributed by atoms with Gasteiger partial charge in [0.15, 0.2) is 5.82 Å². The summed E-state index contributed by atoms with van der Waals surface area (Å²) >= 11 is 0. The first kappa shape index (κ1) is 20.4. The van der Waals surface area contributed by atoms with Gasteiger partial charge in [-0.2, -0.15) is 5.26 Å². The zero-order chi connectivity index (χ0) is 22.3. The summed E-state index contributed by atoms with van der Waals surface area (Å²) in [5.41, 5.74) is 6.23. The second-order valence-corrected chi connectivity index (χ2v) is 7.06. The number of ether oxygens (including phenoxy) is 2. The van der Waals surface area contributed by atoms with Crippen molar-refractivity contribution >= 4 is 23.5 Å². The molecule has 2 amide bonds. The SMILES string of the molecule is C[C@H](Nc1ccc2c(c1C#N)OCCn1cc(N3C(=O)OC[C@H]3C(F)F)nc1-2)C(N)=O. The van der Waals surface area contributed by atoms with Crippen LogP contribution in [0.2, 0.25) is 0 Å². The van der Waals surface area contributed by atoms with Crippen LogP contribution in [0.4, 0.5) is 25.1 Å². The van der Waals surface area contributed by atoms with Gasteiger partial charge in [-0.15, -0.1) is 0 Å². The minimum atomic E-state index is -2.80. The highest BCUT2D eigenvalue weighted by Gasteiger charge is 2.42. The summed E-state index contributed by atoms with van der Waals surface area (Å²) in [5.74, 6) is 0.0143. The summed E-state index contributed by atoms with van der Waals surface area (Å²) < 4.78 is 38.9. The van der Waals surface area contributed by atoms with Gasteiger partial charge >= 0.3 is 6.09 Å². The van der Waals surface area contributed by atoms with Crippen LogP contribution in [0.25, 0.3) is 11.4 Å². The van der Waals surface area contributed by atoms with Crippen LogP contribution in [0.3, 0.4) is 0 Å². The Bertz CT molecular complexity index is 1100. The highest BCUT2D eigenvalue weighted by atomic mass is 19.3. The lowest BCUT2D eigenvalue weighted by atomic mass is 10.1. The van der Waals surface area contributed by atoms with Crippen molar-refractivity contribution in [1.29, 1.82) is 5.26 Å². The van der Waals surface area contributed by atoms with Crippen molar-refractivity contribution in [3.8, 4) is 23.2 Å². The number of alkyl halides is 2. The molecule has 0 radical (unpaired) electrons. The predicted octanol–water partition coefficient (Wildman–Crippen LogP) is 1.69. The first-order valence-electron chi connectivity index (χ1n) is 9.39. The number of amides is 2. The lowest BCUT2D eigenvalue weighted by Gasteiger charge is -2.18. The Morgan fingerprint density at radius 3 is 2.87 bits per heavy atom. The number of carbonyl (C=O) groups is 2. The Morgan fingerprint density at radius 1 is 1.42 bits per heavy atom. The molecule has 1 aromatic carbocycles. The molecule has 2 atom stereocenters. The van der Waals surface area contributed by atoms with E-state index in [9.17, 15) is 23.6 Å². The van der Waals surface area contributed by atoms with Crippen LogP contribution in [0, 0.1) is 11.3 Å². The van der Waals surface area contributed by atoms with Crippen molar-refractivity contribution in [2.75, 3.05) is 23.4 Å². The molecule has 12 heteroatoms. The minimum absolute atomic E-state index is 0.0266. The summed E-state index contributed by atoms with van der Waals surface area (Å²) in [6.45, 7) is 1.61. The molecule has 0 spiro atoms. The van der Waals surface area contributed by atoms with Crippen molar-refractivity contribution in [3.63, 3.8) is 0 Å².